The van der Waals surface area contributed by atoms with Gasteiger partial charge >= 0.3 is 59.2 Å². The molecule has 0 aliphatic carbocycles. The average molecular weight is 2590 g/mol. The van der Waals surface area contributed by atoms with Gasteiger partial charge in [-0.1, -0.05) is 189 Å². The zero-order chi connectivity index (χ0) is 104. The van der Waals surface area contributed by atoms with Gasteiger partial charge in [-0.25, -0.2) is 0 Å². The number of nitrogens with zero attached hydrogens (tertiary/aromatic N) is 24. The molecule has 0 spiro atoms. The van der Waals surface area contributed by atoms with Gasteiger partial charge < -0.3 is 60.2 Å². The molecule has 10 aromatic heterocycles. The van der Waals surface area contributed by atoms with Crippen LogP contribution in [0.4, 0.5) is 0 Å². The van der Waals surface area contributed by atoms with Gasteiger partial charge in [-0.15, -0.1) is 82.2 Å². The van der Waals surface area contributed by atoms with Gasteiger partial charge in [0.25, 0.3) is 0 Å². The minimum Gasteiger partial charge on any atom is -0.620 e. The van der Waals surface area contributed by atoms with Gasteiger partial charge in [-0.3, -0.25) is 38.1 Å². The normalized spacial score (nSPS) is 20.4. The SMILES string of the molecule is CC1(C)C2=CC(C)(C)N([N-]2)C(C)(C)n2ccc(n2)C(C)(C)c2ccn(n2)C(C)(C)N2[N-]C1=CC2(C)C.CC1(C)c2[c-]c(ccc2)-c2cn(-c3ccccc3)c(n2)[Si](C)(C)c2nc(cn2-c2ccccc2)-c2[c-]c1ccc2.CC1(C)c2ccn(n2)C(C)(C)c2cccc(c2O)C(C)(C)c2cccc(c2O)C(C)(C)n2ccc1n2.CC1(C)c2ccn(n2)C(C)(C)c2ncc([n-]2)C(C)(C)c2cnc([n-]2)C(C)(C)n2ccc1n2.[Cu+2].[Pt+2].[Pt+2].[Pt]. The number of rotatable bonds is 2. The maximum absolute atomic E-state index is 11.7. The van der Waals surface area contributed by atoms with Crippen molar-refractivity contribution in [1.82, 2.24) is 108 Å². The first kappa shape index (κ1) is 111. The number of benzene rings is 6. The fourth-order valence-corrected chi connectivity index (χ4v) is 24.0. The van der Waals surface area contributed by atoms with E-state index in [9.17, 15) is 10.2 Å². The van der Waals surface area contributed by atoms with Gasteiger partial charge in [-0.05, 0) is 236 Å². The van der Waals surface area contributed by atoms with E-state index in [-0.39, 0.29) is 125 Å². The number of phenolic OH excluding ortho intramolecular Hbond substituents is 2. The Labute approximate surface area is 927 Å². The van der Waals surface area contributed by atoms with E-state index in [0.29, 0.717) is 0 Å². The molecule has 6 aromatic carbocycles. The number of aromatic nitrogens is 20. The van der Waals surface area contributed by atoms with E-state index >= 15 is 0 Å². The third-order valence-electron chi connectivity index (χ3n) is 31.9. The summed E-state index contributed by atoms with van der Waals surface area (Å²) in [5.74, 6) is 1.89. The number of hydrogen-bond donors (Lipinski definition) is 2. The molecule has 0 saturated carbocycles. The van der Waals surface area contributed by atoms with Crippen LogP contribution in [0.3, 0.4) is 0 Å². The average Bonchev–Trinajstić information content (AvgIpc) is 1.34. The van der Waals surface area contributed by atoms with Gasteiger partial charge in [0.15, 0.2) is 8.07 Å². The van der Waals surface area contributed by atoms with Gasteiger partial charge in [0.05, 0.1) is 94.8 Å². The van der Waals surface area contributed by atoms with Crippen molar-refractivity contribution in [2.75, 3.05) is 0 Å². The number of hydrogen-bond acceptors (Lipinski definition) is 14. The monoisotopic (exact) mass is 2590 g/mol. The van der Waals surface area contributed by atoms with Crippen LogP contribution in [-0.2, 0) is 146 Å². The van der Waals surface area contributed by atoms with Crippen LogP contribution in [0.2, 0.25) is 13.1 Å². The second kappa shape index (κ2) is 38.0. The molecule has 31 heteroatoms. The minimum absolute atomic E-state index is 0. The first-order valence-corrected chi connectivity index (χ1v) is 53.1. The Kier molecular flexibility index (Phi) is 28.5. The van der Waals surface area contributed by atoms with E-state index in [2.05, 4.69) is 397 Å². The second-order valence-electron chi connectivity index (χ2n) is 48.1. The summed E-state index contributed by atoms with van der Waals surface area (Å²) in [5.41, 5.74) is 26.5. The van der Waals surface area contributed by atoms with Crippen LogP contribution in [0.25, 0.3) is 44.7 Å². The standard InChI is InChI=1S/C35H30N4Si.C30H36N4O2.C28H42N8.C24H30N8.Cu.3Pt/c1-35(2)27-15-11-13-25(21-27)31-23-38(29-17-7-5-8-18-29)33(36-31)40(3,4)34-37-32(26-14-12-16-28(35)22-26)24-39(34)30-19-9-6-10-20-30;1-27(2)19-11-9-13-21(25(19)35)29(5,6)33-17-15-23(31-33)28(3,4)24-16-18-34(32-24)30(7,8)22-14-10-12-20(27)26(22)36;1-23(2)17-21-26(7,8)22-18-24(3,4)36(32-22)28(11,12)34-16-14-20(30-34)25(5,6)19-13-15-33(29-19)27(9,10)35(23)31-21;1-21(2)15-9-11-31(29-15)23(5,6)19-25-13-17(27-19)22(3,4)18-14-26-20(28-18)24(7,8)32-12-10-16(21)30-32;;;;/h5-20,23-24H,1-4H3;9-18,35-36H,1-8H3;13-18H,1-12H3;9-14H,1-8H3;;;;/q-2;;2*-2;+2;;2*+2. The predicted octanol–water partition coefficient (Wildman–Crippen LogP) is 22.1. The van der Waals surface area contributed by atoms with E-state index in [1.54, 1.807) is 0 Å². The number of fused-ring (bicyclic) bond motifs is 34. The maximum atomic E-state index is 11.7. The molecule has 0 saturated heterocycles. The van der Waals surface area contributed by atoms with Crippen molar-refractivity contribution in [2.24, 2.45) is 5.41 Å². The molecule has 1 radical (unpaired) electrons. The summed E-state index contributed by atoms with van der Waals surface area (Å²) < 4.78 is 16.3. The van der Waals surface area contributed by atoms with Crippen LogP contribution in [-0.4, -0.2) is 127 Å². The smallest absolute Gasteiger partial charge is 0.620 e. The molecule has 6 aliphatic heterocycles. The fraction of sp³-hybridized carbons (Fsp3) is 0.402. The number of imidazole rings is 4. The molecular formula is C117H138CuN24O2Pt3Si. The largest absolute Gasteiger partial charge is 2.00 e. The van der Waals surface area contributed by atoms with Crippen molar-refractivity contribution < 1.29 is 90.5 Å². The van der Waals surface area contributed by atoms with Crippen LogP contribution in [0.15, 0.2) is 255 Å². The summed E-state index contributed by atoms with van der Waals surface area (Å²) in [7, 11) is -2.49. The van der Waals surface area contributed by atoms with E-state index < -0.39 is 57.8 Å². The first-order chi connectivity index (χ1) is 67.2. The Balaban J connectivity index is 0.000000147. The molecular weight excluding hydrogens is 2450 g/mol. The third-order valence-corrected chi connectivity index (χ3v) is 34.8. The van der Waals surface area contributed by atoms with Gasteiger partial charge in [0.1, 0.15) is 11.5 Å². The minimum atomic E-state index is -2.49. The van der Waals surface area contributed by atoms with E-state index in [4.69, 9.17) is 71.3 Å². The van der Waals surface area contributed by atoms with Gasteiger partial charge in [0.2, 0.25) is 0 Å². The zero-order valence-electron chi connectivity index (χ0n) is 91.0. The molecule has 783 valence electrons. The molecule has 32 bridgehead atoms. The molecule has 16 aromatic rings. The van der Waals surface area contributed by atoms with Gasteiger partial charge in [-0.2, -0.15) is 30.6 Å². The van der Waals surface area contributed by atoms with Crippen molar-refractivity contribution >= 4 is 19.0 Å². The van der Waals surface area contributed by atoms with Crippen LogP contribution in [0.5, 0.6) is 11.5 Å². The van der Waals surface area contributed by atoms with Crippen molar-refractivity contribution in [3.63, 3.8) is 0 Å². The summed E-state index contributed by atoms with van der Waals surface area (Å²) in [6.07, 6.45) is 24.7. The molecule has 0 fully saturated rings. The molecule has 22 rings (SSSR count). The second-order valence-corrected chi connectivity index (χ2v) is 52.3. The van der Waals surface area contributed by atoms with Crippen LogP contribution >= 0.6 is 0 Å². The number of para-hydroxylation sites is 4. The Morgan fingerprint density at radius 3 is 0.946 bits per heavy atom. The van der Waals surface area contributed by atoms with Gasteiger partial charge in [0, 0.05) is 125 Å². The predicted molar refractivity (Wildman–Crippen MR) is 571 cm³/mol. The topological polar surface area (TPSA) is 272 Å². The molecule has 148 heavy (non-hydrogen) atoms. The molecule has 2 unspecified atom stereocenters. The van der Waals surface area contributed by atoms with Crippen LogP contribution in [0.1, 0.15) is 298 Å². The van der Waals surface area contributed by atoms with Crippen molar-refractivity contribution in [1.29, 1.82) is 0 Å². The molecule has 6 aliphatic rings. The summed E-state index contributed by atoms with van der Waals surface area (Å²) in [6.45, 7) is 69.0. The summed E-state index contributed by atoms with van der Waals surface area (Å²) >= 11 is 0. The third kappa shape index (κ3) is 18.3. The zero-order valence-corrected chi connectivity index (χ0v) is 99.7. The molecule has 2 N–H and O–H groups in total. The molecule has 2 atom stereocenters. The van der Waals surface area contributed by atoms with Crippen molar-refractivity contribution in [3.8, 4) is 45.4 Å². The number of phenols is 2. The van der Waals surface area contributed by atoms with E-state index in [1.165, 1.54) is 0 Å². The number of aromatic hydroxyl groups is 2. The summed E-state index contributed by atoms with van der Waals surface area (Å²) in [5, 5.41) is 57.8. The Bertz CT molecular complexity index is 7070. The Morgan fingerprint density at radius 2 is 0.615 bits per heavy atom. The fourth-order valence-electron chi connectivity index (χ4n) is 21.4. The van der Waals surface area contributed by atoms with E-state index in [0.717, 1.165) is 147 Å². The summed E-state index contributed by atoms with van der Waals surface area (Å²) in [4.78, 5) is 30.0. The van der Waals surface area contributed by atoms with Crippen LogP contribution < -0.4 is 20.9 Å². The molecule has 0 amide bonds. The molecule has 26 nitrogen and oxygen atoms in total. The molecule has 16 heterocycles. The van der Waals surface area contributed by atoms with Crippen molar-refractivity contribution in [2.45, 2.75) is 298 Å². The van der Waals surface area contributed by atoms with E-state index in [1.807, 2.05) is 128 Å². The summed E-state index contributed by atoms with van der Waals surface area (Å²) in [6, 6.07) is 65.4. The van der Waals surface area contributed by atoms with Crippen LogP contribution in [0, 0.1) is 17.5 Å². The maximum Gasteiger partial charge on any atom is 2.00 e. The first-order valence-electron chi connectivity index (χ1n) is 50.1. The quantitative estimate of drug-likeness (QED) is 0.120. The Hall–Kier alpha value is -11.2. The Morgan fingerprint density at radius 1 is 0.318 bits per heavy atom. The van der Waals surface area contributed by atoms with Crippen molar-refractivity contribution in [3.05, 3.63) is 369 Å².